The smallest absolute Gasteiger partial charge is 0.364 e. The Balaban J connectivity index is 1.87. The Kier molecular flexibility index (Phi) is 4.24. The van der Waals surface area contributed by atoms with E-state index in [4.69, 9.17) is 0 Å². The lowest BCUT2D eigenvalue weighted by atomic mass is 9.87. The highest BCUT2D eigenvalue weighted by molar-refractivity contribution is 5.78. The van der Waals surface area contributed by atoms with E-state index in [0.717, 1.165) is 5.69 Å². The molecular weight excluding hydrogens is 336 g/mol. The number of hydrogen-bond acceptors (Lipinski definition) is 2. The zero-order valence-corrected chi connectivity index (χ0v) is 14.4. The molecule has 2 fully saturated rings. The lowest BCUT2D eigenvalue weighted by Crippen LogP contribution is -2.50. The third kappa shape index (κ3) is 3.46. The number of hydrogen-bond donors (Lipinski definition) is 0. The summed E-state index contributed by atoms with van der Waals surface area (Å²) in [7, 11) is 0. The topological polar surface area (TPSA) is 23.6 Å². The van der Waals surface area contributed by atoms with Crippen LogP contribution in [0.15, 0.2) is 24.3 Å². The van der Waals surface area contributed by atoms with Gasteiger partial charge in [-0.05, 0) is 57.4 Å². The molecule has 0 bridgehead atoms. The van der Waals surface area contributed by atoms with Crippen LogP contribution in [-0.2, 0) is 4.79 Å². The van der Waals surface area contributed by atoms with Gasteiger partial charge in [0.05, 0.1) is 5.54 Å². The van der Waals surface area contributed by atoms with Crippen LogP contribution in [0.5, 0.6) is 0 Å². The maximum Gasteiger partial charge on any atom is 0.397 e. The van der Waals surface area contributed by atoms with Crippen molar-refractivity contribution in [3.8, 4) is 0 Å². The first-order chi connectivity index (χ1) is 11.5. The van der Waals surface area contributed by atoms with Crippen LogP contribution >= 0.6 is 0 Å². The SMILES string of the molecule is CC1(C)CC2(CCCN2C(=O)CC(F)(F)F)CN1c1ccc(F)cc1. The molecule has 2 saturated heterocycles. The first-order valence-electron chi connectivity index (χ1n) is 8.43. The molecule has 0 aliphatic carbocycles. The number of carbonyl (C=O) groups is 1. The van der Waals surface area contributed by atoms with Crippen LogP contribution in [0.1, 0.15) is 39.5 Å². The molecule has 3 nitrogen and oxygen atoms in total. The van der Waals surface area contributed by atoms with Crippen molar-refractivity contribution < 1.29 is 22.4 Å². The Labute approximate surface area is 144 Å². The normalized spacial score (nSPS) is 25.8. The monoisotopic (exact) mass is 358 g/mol. The summed E-state index contributed by atoms with van der Waals surface area (Å²) in [6.45, 7) is 4.85. The molecule has 0 saturated carbocycles. The third-order valence-electron chi connectivity index (χ3n) is 5.33. The van der Waals surface area contributed by atoms with Gasteiger partial charge < -0.3 is 9.80 Å². The van der Waals surface area contributed by atoms with E-state index in [1.165, 1.54) is 17.0 Å². The quantitative estimate of drug-likeness (QED) is 0.743. The van der Waals surface area contributed by atoms with Crippen molar-refractivity contribution in [3.05, 3.63) is 30.1 Å². The minimum atomic E-state index is -4.49. The number of rotatable bonds is 2. The standard InChI is InChI=1S/C18H22F4N2O/c1-16(2)11-17(12-24(16)14-6-4-13(19)5-7-14)8-3-9-23(17)15(25)10-18(20,21)22/h4-7H,3,8-12H2,1-2H3. The molecule has 1 aromatic carbocycles. The van der Waals surface area contributed by atoms with Crippen molar-refractivity contribution in [1.82, 2.24) is 4.90 Å². The zero-order valence-electron chi connectivity index (χ0n) is 14.4. The number of carbonyl (C=O) groups excluding carboxylic acids is 1. The lowest BCUT2D eigenvalue weighted by Gasteiger charge is -2.35. The highest BCUT2D eigenvalue weighted by Crippen LogP contribution is 2.47. The highest BCUT2D eigenvalue weighted by atomic mass is 19.4. The predicted molar refractivity (Wildman–Crippen MR) is 86.8 cm³/mol. The molecule has 3 rings (SSSR count). The van der Waals surface area contributed by atoms with Crippen molar-refractivity contribution in [2.45, 2.75) is 56.8 Å². The summed E-state index contributed by atoms with van der Waals surface area (Å²) in [5.41, 5.74) is -0.0995. The fourth-order valence-electron chi connectivity index (χ4n) is 4.47. The Morgan fingerprint density at radius 3 is 2.44 bits per heavy atom. The van der Waals surface area contributed by atoms with E-state index in [1.807, 2.05) is 13.8 Å². The summed E-state index contributed by atoms with van der Waals surface area (Å²) in [5, 5.41) is 0. The van der Waals surface area contributed by atoms with Gasteiger partial charge in [0.2, 0.25) is 5.91 Å². The molecule has 0 radical (unpaired) electrons. The summed E-state index contributed by atoms with van der Waals surface area (Å²) in [5.74, 6) is -1.18. The summed E-state index contributed by atoms with van der Waals surface area (Å²) in [6.07, 6.45) is -3.91. The van der Waals surface area contributed by atoms with E-state index in [9.17, 15) is 22.4 Å². The fourth-order valence-corrected chi connectivity index (χ4v) is 4.47. The number of anilines is 1. The van der Waals surface area contributed by atoms with Crippen LogP contribution in [0.4, 0.5) is 23.2 Å². The molecule has 1 spiro atoms. The van der Waals surface area contributed by atoms with Gasteiger partial charge >= 0.3 is 6.18 Å². The van der Waals surface area contributed by atoms with E-state index < -0.39 is 24.0 Å². The molecule has 0 aromatic heterocycles. The Morgan fingerprint density at radius 1 is 1.20 bits per heavy atom. The van der Waals surface area contributed by atoms with Crippen molar-refractivity contribution in [2.24, 2.45) is 0 Å². The van der Waals surface area contributed by atoms with Gasteiger partial charge in [0, 0.05) is 24.3 Å². The fraction of sp³-hybridized carbons (Fsp3) is 0.611. The minimum Gasteiger partial charge on any atom is -0.364 e. The highest BCUT2D eigenvalue weighted by Gasteiger charge is 2.55. The lowest BCUT2D eigenvalue weighted by molar-refractivity contribution is -0.164. The summed E-state index contributed by atoms with van der Waals surface area (Å²) in [4.78, 5) is 15.8. The number of amides is 1. The number of halogens is 4. The molecule has 2 heterocycles. The molecule has 2 aliphatic heterocycles. The van der Waals surface area contributed by atoms with Crippen LogP contribution in [0.25, 0.3) is 0 Å². The van der Waals surface area contributed by atoms with Crippen LogP contribution in [-0.4, -0.2) is 41.2 Å². The first-order valence-corrected chi connectivity index (χ1v) is 8.43. The molecule has 1 aromatic rings. The second-order valence-corrected chi connectivity index (χ2v) is 7.72. The van der Waals surface area contributed by atoms with E-state index in [-0.39, 0.29) is 11.4 Å². The van der Waals surface area contributed by atoms with E-state index >= 15 is 0 Å². The summed E-state index contributed by atoms with van der Waals surface area (Å²) in [6, 6.07) is 6.09. The summed E-state index contributed by atoms with van der Waals surface area (Å²) < 4.78 is 51.2. The Hall–Kier alpha value is -1.79. The van der Waals surface area contributed by atoms with Gasteiger partial charge in [-0.1, -0.05) is 0 Å². The van der Waals surface area contributed by atoms with E-state index in [0.29, 0.717) is 32.4 Å². The number of alkyl halides is 3. The Bertz CT molecular complexity index is 656. The molecular formula is C18H22F4N2O. The van der Waals surface area contributed by atoms with Gasteiger partial charge in [0.1, 0.15) is 12.2 Å². The predicted octanol–water partition coefficient (Wildman–Crippen LogP) is 4.13. The molecule has 7 heteroatoms. The molecule has 1 unspecified atom stereocenters. The Morgan fingerprint density at radius 2 is 1.84 bits per heavy atom. The second kappa shape index (κ2) is 5.88. The number of likely N-dealkylation sites (tertiary alicyclic amines) is 1. The van der Waals surface area contributed by atoms with Gasteiger partial charge in [0.15, 0.2) is 0 Å². The number of benzene rings is 1. The van der Waals surface area contributed by atoms with E-state index in [1.54, 1.807) is 12.1 Å². The van der Waals surface area contributed by atoms with Gasteiger partial charge in [-0.2, -0.15) is 13.2 Å². The molecule has 138 valence electrons. The van der Waals surface area contributed by atoms with Crippen molar-refractivity contribution in [3.63, 3.8) is 0 Å². The molecule has 1 atom stereocenters. The maximum atomic E-state index is 13.2. The maximum absolute atomic E-state index is 13.2. The van der Waals surface area contributed by atoms with Gasteiger partial charge in [-0.15, -0.1) is 0 Å². The first kappa shape index (κ1) is 18.0. The third-order valence-corrected chi connectivity index (χ3v) is 5.33. The van der Waals surface area contributed by atoms with Crippen LogP contribution in [0.2, 0.25) is 0 Å². The van der Waals surface area contributed by atoms with Crippen molar-refractivity contribution >= 4 is 11.6 Å². The van der Waals surface area contributed by atoms with Crippen molar-refractivity contribution in [1.29, 1.82) is 0 Å². The molecule has 25 heavy (non-hydrogen) atoms. The van der Waals surface area contributed by atoms with Crippen molar-refractivity contribution in [2.75, 3.05) is 18.0 Å². The molecule has 2 aliphatic rings. The largest absolute Gasteiger partial charge is 0.397 e. The van der Waals surface area contributed by atoms with Crippen LogP contribution in [0, 0.1) is 5.82 Å². The summed E-state index contributed by atoms with van der Waals surface area (Å²) >= 11 is 0. The number of nitrogens with zero attached hydrogens (tertiary/aromatic N) is 2. The van der Waals surface area contributed by atoms with Gasteiger partial charge in [-0.3, -0.25) is 4.79 Å². The second-order valence-electron chi connectivity index (χ2n) is 7.72. The zero-order chi connectivity index (χ0) is 18.5. The molecule has 0 N–H and O–H groups in total. The minimum absolute atomic E-state index is 0.334. The van der Waals surface area contributed by atoms with Gasteiger partial charge in [-0.25, -0.2) is 4.39 Å². The van der Waals surface area contributed by atoms with Gasteiger partial charge in [0.25, 0.3) is 0 Å². The van der Waals surface area contributed by atoms with Crippen LogP contribution < -0.4 is 4.90 Å². The van der Waals surface area contributed by atoms with E-state index in [2.05, 4.69) is 4.90 Å². The average molecular weight is 358 g/mol. The average Bonchev–Trinajstić information content (AvgIpc) is 2.98. The van der Waals surface area contributed by atoms with Crippen LogP contribution in [0.3, 0.4) is 0 Å². The molecule has 1 amide bonds.